The number of halogens is 1. The SMILES string of the molecule is CNc1ccc(C(=O)Nc2cc([N+](=O)[O-])ccc2Br)cc1. The molecule has 0 spiro atoms. The number of hydrogen-bond donors (Lipinski definition) is 2. The Kier molecular flexibility index (Phi) is 4.54. The van der Waals surface area contributed by atoms with E-state index in [4.69, 9.17) is 0 Å². The number of amides is 1. The first kappa shape index (κ1) is 15.0. The summed E-state index contributed by atoms with van der Waals surface area (Å²) in [5.74, 6) is -0.334. The quantitative estimate of drug-likeness (QED) is 0.651. The summed E-state index contributed by atoms with van der Waals surface area (Å²) in [6.07, 6.45) is 0. The number of anilines is 2. The van der Waals surface area contributed by atoms with Gasteiger partial charge in [0.25, 0.3) is 11.6 Å². The van der Waals surface area contributed by atoms with Gasteiger partial charge in [-0.3, -0.25) is 14.9 Å². The van der Waals surface area contributed by atoms with Crippen LogP contribution in [0.2, 0.25) is 0 Å². The molecule has 1 amide bonds. The van der Waals surface area contributed by atoms with Crippen molar-refractivity contribution in [3.63, 3.8) is 0 Å². The number of rotatable bonds is 4. The summed E-state index contributed by atoms with van der Waals surface area (Å²) in [5.41, 5.74) is 1.63. The number of carbonyl (C=O) groups excluding carboxylic acids is 1. The van der Waals surface area contributed by atoms with Crippen LogP contribution in [-0.2, 0) is 0 Å². The molecule has 0 aliphatic heterocycles. The number of carbonyl (C=O) groups is 1. The maximum Gasteiger partial charge on any atom is 0.271 e. The normalized spacial score (nSPS) is 10.0. The summed E-state index contributed by atoms with van der Waals surface area (Å²) in [6, 6.07) is 11.1. The first-order chi connectivity index (χ1) is 10.0. The summed E-state index contributed by atoms with van der Waals surface area (Å²) < 4.78 is 0.577. The molecule has 2 N–H and O–H groups in total. The van der Waals surface area contributed by atoms with E-state index in [1.165, 1.54) is 18.2 Å². The smallest absolute Gasteiger partial charge is 0.271 e. The van der Waals surface area contributed by atoms with E-state index in [1.807, 2.05) is 0 Å². The van der Waals surface area contributed by atoms with Gasteiger partial charge in [-0.15, -0.1) is 0 Å². The molecule has 0 saturated carbocycles. The predicted octanol–water partition coefficient (Wildman–Crippen LogP) is 3.65. The van der Waals surface area contributed by atoms with Gasteiger partial charge in [0.1, 0.15) is 0 Å². The molecule has 0 bridgehead atoms. The van der Waals surface area contributed by atoms with Gasteiger partial charge in [-0.05, 0) is 46.3 Å². The Labute approximate surface area is 129 Å². The molecule has 7 heteroatoms. The van der Waals surface area contributed by atoms with Gasteiger partial charge in [0.2, 0.25) is 0 Å². The molecular weight excluding hydrogens is 338 g/mol. The molecule has 0 atom stereocenters. The van der Waals surface area contributed by atoms with Crippen LogP contribution in [0, 0.1) is 10.1 Å². The van der Waals surface area contributed by atoms with Crippen molar-refractivity contribution < 1.29 is 9.72 Å². The van der Waals surface area contributed by atoms with Gasteiger partial charge in [0, 0.05) is 34.9 Å². The molecule has 0 aromatic heterocycles. The second kappa shape index (κ2) is 6.36. The average Bonchev–Trinajstić information content (AvgIpc) is 2.49. The second-order valence-electron chi connectivity index (χ2n) is 4.20. The van der Waals surface area contributed by atoms with Gasteiger partial charge in [0.15, 0.2) is 0 Å². The van der Waals surface area contributed by atoms with Crippen LogP contribution in [0.4, 0.5) is 17.1 Å². The molecule has 2 aromatic carbocycles. The number of hydrogen-bond acceptors (Lipinski definition) is 4. The summed E-state index contributed by atoms with van der Waals surface area (Å²) in [5, 5.41) is 16.4. The fourth-order valence-electron chi connectivity index (χ4n) is 1.71. The van der Waals surface area contributed by atoms with Crippen LogP contribution < -0.4 is 10.6 Å². The Hall–Kier alpha value is -2.41. The van der Waals surface area contributed by atoms with Crippen molar-refractivity contribution >= 4 is 38.9 Å². The van der Waals surface area contributed by atoms with Gasteiger partial charge in [0.05, 0.1) is 10.6 Å². The van der Waals surface area contributed by atoms with E-state index in [9.17, 15) is 14.9 Å². The highest BCUT2D eigenvalue weighted by atomic mass is 79.9. The molecule has 0 saturated heterocycles. The highest BCUT2D eigenvalue weighted by Gasteiger charge is 2.13. The van der Waals surface area contributed by atoms with Crippen molar-refractivity contribution in [2.45, 2.75) is 0 Å². The number of nitrogens with zero attached hydrogens (tertiary/aromatic N) is 1. The minimum Gasteiger partial charge on any atom is -0.388 e. The van der Waals surface area contributed by atoms with Crippen LogP contribution in [-0.4, -0.2) is 17.9 Å². The van der Waals surface area contributed by atoms with Crippen LogP contribution in [0.1, 0.15) is 10.4 Å². The van der Waals surface area contributed by atoms with Crippen LogP contribution in [0.3, 0.4) is 0 Å². The van der Waals surface area contributed by atoms with E-state index in [-0.39, 0.29) is 11.6 Å². The molecular formula is C14H12BrN3O3. The minimum atomic E-state index is -0.510. The van der Waals surface area contributed by atoms with E-state index in [1.54, 1.807) is 31.3 Å². The predicted molar refractivity (Wildman–Crippen MR) is 84.7 cm³/mol. The van der Waals surface area contributed by atoms with Crippen molar-refractivity contribution in [1.29, 1.82) is 0 Å². The number of non-ortho nitro benzene ring substituents is 1. The zero-order valence-corrected chi connectivity index (χ0v) is 12.7. The lowest BCUT2D eigenvalue weighted by Crippen LogP contribution is -2.12. The maximum absolute atomic E-state index is 12.1. The molecule has 2 rings (SSSR count). The molecule has 0 aliphatic carbocycles. The zero-order valence-electron chi connectivity index (χ0n) is 11.1. The lowest BCUT2D eigenvalue weighted by atomic mass is 10.2. The Morgan fingerprint density at radius 1 is 1.19 bits per heavy atom. The Balaban J connectivity index is 2.22. The molecule has 0 fully saturated rings. The molecule has 0 heterocycles. The summed E-state index contributed by atoms with van der Waals surface area (Å²) in [4.78, 5) is 22.4. The van der Waals surface area contributed by atoms with E-state index < -0.39 is 4.92 Å². The highest BCUT2D eigenvalue weighted by molar-refractivity contribution is 9.10. The first-order valence-electron chi connectivity index (χ1n) is 6.04. The standard InChI is InChI=1S/C14H12BrN3O3/c1-16-10-4-2-9(3-5-10)14(19)17-13-8-11(18(20)21)6-7-12(13)15/h2-8,16H,1H3,(H,17,19). The summed E-state index contributed by atoms with van der Waals surface area (Å²) >= 11 is 3.26. The van der Waals surface area contributed by atoms with E-state index >= 15 is 0 Å². The maximum atomic E-state index is 12.1. The van der Waals surface area contributed by atoms with E-state index in [0.29, 0.717) is 15.7 Å². The van der Waals surface area contributed by atoms with Gasteiger partial charge in [-0.2, -0.15) is 0 Å². The van der Waals surface area contributed by atoms with Gasteiger partial charge in [-0.1, -0.05) is 0 Å². The molecule has 2 aromatic rings. The van der Waals surface area contributed by atoms with Crippen molar-refractivity contribution in [3.05, 3.63) is 62.6 Å². The Morgan fingerprint density at radius 2 is 1.86 bits per heavy atom. The molecule has 0 unspecified atom stereocenters. The average molecular weight is 350 g/mol. The van der Waals surface area contributed by atoms with Crippen molar-refractivity contribution in [1.82, 2.24) is 0 Å². The van der Waals surface area contributed by atoms with Crippen LogP contribution in [0.25, 0.3) is 0 Å². The van der Waals surface area contributed by atoms with Crippen molar-refractivity contribution in [2.75, 3.05) is 17.7 Å². The second-order valence-corrected chi connectivity index (χ2v) is 5.06. The van der Waals surface area contributed by atoms with E-state index in [0.717, 1.165) is 5.69 Å². The summed E-state index contributed by atoms with van der Waals surface area (Å²) in [6.45, 7) is 0. The Bertz CT molecular complexity index is 686. The van der Waals surface area contributed by atoms with Crippen molar-refractivity contribution in [3.8, 4) is 0 Å². The third-order valence-corrected chi connectivity index (χ3v) is 3.54. The third kappa shape index (κ3) is 3.57. The zero-order chi connectivity index (χ0) is 15.4. The molecule has 0 radical (unpaired) electrons. The monoisotopic (exact) mass is 349 g/mol. The van der Waals surface area contributed by atoms with Crippen LogP contribution in [0.5, 0.6) is 0 Å². The highest BCUT2D eigenvalue weighted by Crippen LogP contribution is 2.27. The number of nitro groups is 1. The number of nitro benzene ring substituents is 1. The van der Waals surface area contributed by atoms with Crippen LogP contribution >= 0.6 is 15.9 Å². The fourth-order valence-corrected chi connectivity index (χ4v) is 2.05. The van der Waals surface area contributed by atoms with Gasteiger partial charge < -0.3 is 10.6 Å². The Morgan fingerprint density at radius 3 is 2.43 bits per heavy atom. The molecule has 0 aliphatic rings. The third-order valence-electron chi connectivity index (χ3n) is 2.84. The minimum absolute atomic E-state index is 0.0842. The molecule has 21 heavy (non-hydrogen) atoms. The first-order valence-corrected chi connectivity index (χ1v) is 6.83. The van der Waals surface area contributed by atoms with Gasteiger partial charge in [-0.25, -0.2) is 0 Å². The van der Waals surface area contributed by atoms with Crippen molar-refractivity contribution in [2.24, 2.45) is 0 Å². The number of nitrogens with one attached hydrogen (secondary N) is 2. The largest absolute Gasteiger partial charge is 0.388 e. The topological polar surface area (TPSA) is 84.3 Å². The lowest BCUT2D eigenvalue weighted by molar-refractivity contribution is -0.384. The molecule has 108 valence electrons. The molecule has 6 nitrogen and oxygen atoms in total. The van der Waals surface area contributed by atoms with E-state index in [2.05, 4.69) is 26.6 Å². The number of benzene rings is 2. The fraction of sp³-hybridized carbons (Fsp3) is 0.0714. The lowest BCUT2D eigenvalue weighted by Gasteiger charge is -2.08. The summed E-state index contributed by atoms with van der Waals surface area (Å²) in [7, 11) is 1.79. The van der Waals surface area contributed by atoms with Gasteiger partial charge >= 0.3 is 0 Å². The van der Waals surface area contributed by atoms with Crippen LogP contribution in [0.15, 0.2) is 46.9 Å².